The third kappa shape index (κ3) is 4.31. The van der Waals surface area contributed by atoms with Crippen molar-refractivity contribution in [2.75, 3.05) is 47.8 Å². The van der Waals surface area contributed by atoms with E-state index in [1.165, 1.54) is 11.2 Å². The maximum absolute atomic E-state index is 13.3. The van der Waals surface area contributed by atoms with E-state index >= 15 is 0 Å². The molecule has 1 amide bonds. The third-order valence-corrected chi connectivity index (χ3v) is 8.02. The molecule has 0 radical (unpaired) electrons. The Kier molecular flexibility index (Phi) is 5.88. The number of nitrogens with one attached hydrogen (secondary N) is 1. The Labute approximate surface area is 198 Å². The molecule has 1 N–H and O–H groups in total. The van der Waals surface area contributed by atoms with Crippen LogP contribution in [0.2, 0.25) is 0 Å². The van der Waals surface area contributed by atoms with Gasteiger partial charge in [-0.3, -0.25) is 9.78 Å². The molecule has 2 aromatic heterocycles. The summed E-state index contributed by atoms with van der Waals surface area (Å²) in [5, 5.41) is 11.7. The number of carbonyl (C=O) groups is 1. The molecule has 5 rings (SSSR count). The first kappa shape index (κ1) is 22.2. The number of hydrogen-bond donors (Lipinski definition) is 1. The Morgan fingerprint density at radius 2 is 1.71 bits per heavy atom. The Morgan fingerprint density at radius 3 is 2.38 bits per heavy atom. The summed E-state index contributed by atoms with van der Waals surface area (Å²) in [4.78, 5) is 19.7. The van der Waals surface area contributed by atoms with Gasteiger partial charge in [-0.25, -0.2) is 8.42 Å². The summed E-state index contributed by atoms with van der Waals surface area (Å²) in [6.45, 7) is 3.87. The van der Waals surface area contributed by atoms with E-state index < -0.39 is 10.0 Å². The normalized spacial score (nSPS) is 16.4. The molecule has 1 fully saturated rings. The van der Waals surface area contributed by atoms with Gasteiger partial charge in [0.1, 0.15) is 0 Å². The first-order valence-electron chi connectivity index (χ1n) is 11.1. The summed E-state index contributed by atoms with van der Waals surface area (Å²) < 4.78 is 28.0. The standard InChI is InChI=1S/C23H25N7O3S/c1-17(31)30-11-8-18-16-20(2-3-21(18)30)34(32,33)29-14-12-28(13-15-29)23-5-4-22(26-27-23)25-19-6-9-24-10-7-19/h2-7,9-10,16H,8,11-15H2,1H3,(H,24,25,26). The SMILES string of the molecule is CC(=O)N1CCc2cc(S(=O)(=O)N3CCN(c4ccc(Nc5ccncc5)nn4)CC3)ccc21. The van der Waals surface area contributed by atoms with Crippen LogP contribution in [0.15, 0.2) is 59.8 Å². The van der Waals surface area contributed by atoms with Gasteiger partial charge in [0.15, 0.2) is 11.6 Å². The van der Waals surface area contributed by atoms with Crippen LogP contribution in [0.25, 0.3) is 0 Å². The number of aromatic nitrogens is 3. The maximum Gasteiger partial charge on any atom is 0.243 e. The van der Waals surface area contributed by atoms with E-state index in [0.717, 1.165) is 16.9 Å². The third-order valence-electron chi connectivity index (χ3n) is 6.13. The Balaban J connectivity index is 1.23. The molecule has 34 heavy (non-hydrogen) atoms. The van der Waals surface area contributed by atoms with E-state index in [-0.39, 0.29) is 10.8 Å². The van der Waals surface area contributed by atoms with Crippen LogP contribution in [-0.4, -0.2) is 66.5 Å². The van der Waals surface area contributed by atoms with Gasteiger partial charge in [0.2, 0.25) is 15.9 Å². The fourth-order valence-electron chi connectivity index (χ4n) is 4.32. The molecule has 0 unspecified atom stereocenters. The molecule has 0 aliphatic carbocycles. The van der Waals surface area contributed by atoms with Crippen molar-refractivity contribution in [2.45, 2.75) is 18.2 Å². The lowest BCUT2D eigenvalue weighted by Gasteiger charge is -2.34. The minimum atomic E-state index is -3.62. The minimum absolute atomic E-state index is 0.0326. The van der Waals surface area contributed by atoms with Gasteiger partial charge in [0, 0.05) is 63.4 Å². The highest BCUT2D eigenvalue weighted by Crippen LogP contribution is 2.31. The molecule has 10 nitrogen and oxygen atoms in total. The number of anilines is 4. The average molecular weight is 480 g/mol. The van der Waals surface area contributed by atoms with Crippen molar-refractivity contribution < 1.29 is 13.2 Å². The number of rotatable bonds is 5. The summed E-state index contributed by atoms with van der Waals surface area (Å²) in [5.74, 6) is 1.30. The average Bonchev–Trinajstić information content (AvgIpc) is 3.29. The largest absolute Gasteiger partial charge is 0.352 e. The fraction of sp³-hybridized carbons (Fsp3) is 0.304. The van der Waals surface area contributed by atoms with Crippen molar-refractivity contribution in [1.29, 1.82) is 0 Å². The molecule has 176 valence electrons. The van der Waals surface area contributed by atoms with E-state index in [2.05, 4.69) is 20.5 Å². The summed E-state index contributed by atoms with van der Waals surface area (Å²) in [6, 6.07) is 12.5. The van der Waals surface area contributed by atoms with E-state index in [4.69, 9.17) is 0 Å². The zero-order valence-electron chi connectivity index (χ0n) is 18.8. The van der Waals surface area contributed by atoms with Gasteiger partial charge in [-0.2, -0.15) is 4.31 Å². The summed E-state index contributed by atoms with van der Waals surface area (Å²) >= 11 is 0. The first-order valence-corrected chi connectivity index (χ1v) is 12.5. The fourth-order valence-corrected chi connectivity index (χ4v) is 5.79. The number of nitrogens with zero attached hydrogens (tertiary/aromatic N) is 6. The quantitative estimate of drug-likeness (QED) is 0.592. The monoisotopic (exact) mass is 479 g/mol. The molecule has 1 aromatic carbocycles. The number of pyridine rings is 1. The molecule has 2 aliphatic rings. The molecule has 0 bridgehead atoms. The van der Waals surface area contributed by atoms with Gasteiger partial charge in [-0.1, -0.05) is 0 Å². The molecule has 4 heterocycles. The molecule has 11 heteroatoms. The molecule has 0 saturated carbocycles. The van der Waals surface area contributed by atoms with Gasteiger partial charge in [-0.05, 0) is 54.4 Å². The van der Waals surface area contributed by atoms with Crippen LogP contribution in [0.1, 0.15) is 12.5 Å². The van der Waals surface area contributed by atoms with Crippen molar-refractivity contribution >= 4 is 38.9 Å². The van der Waals surface area contributed by atoms with Gasteiger partial charge in [0.25, 0.3) is 0 Å². The smallest absolute Gasteiger partial charge is 0.243 e. The van der Waals surface area contributed by atoms with Crippen LogP contribution >= 0.6 is 0 Å². The first-order chi connectivity index (χ1) is 16.4. The zero-order chi connectivity index (χ0) is 23.7. The van der Waals surface area contributed by atoms with Crippen LogP contribution < -0.4 is 15.1 Å². The number of hydrogen-bond acceptors (Lipinski definition) is 8. The lowest BCUT2D eigenvalue weighted by atomic mass is 10.2. The summed E-state index contributed by atoms with van der Waals surface area (Å²) in [7, 11) is -3.62. The van der Waals surface area contributed by atoms with Gasteiger partial charge >= 0.3 is 0 Å². The Bertz CT molecular complexity index is 1290. The summed E-state index contributed by atoms with van der Waals surface area (Å²) in [6.07, 6.45) is 4.05. The second kappa shape index (κ2) is 8.99. The van der Waals surface area contributed by atoms with Gasteiger partial charge in [0.05, 0.1) is 4.90 Å². The summed E-state index contributed by atoms with van der Waals surface area (Å²) in [5.41, 5.74) is 2.57. The molecular formula is C23H25N7O3S. The molecule has 2 aliphatic heterocycles. The molecule has 0 spiro atoms. The number of piperazine rings is 1. The van der Waals surface area contributed by atoms with Crippen molar-refractivity contribution in [2.24, 2.45) is 0 Å². The number of fused-ring (bicyclic) bond motifs is 1. The minimum Gasteiger partial charge on any atom is -0.352 e. The molecule has 3 aromatic rings. The highest BCUT2D eigenvalue weighted by molar-refractivity contribution is 7.89. The number of amides is 1. The van der Waals surface area contributed by atoms with Crippen LogP contribution in [-0.2, 0) is 21.2 Å². The van der Waals surface area contributed by atoms with Gasteiger partial charge < -0.3 is 15.1 Å². The molecule has 1 saturated heterocycles. The predicted octanol–water partition coefficient (Wildman–Crippen LogP) is 2.04. The second-order valence-corrected chi connectivity index (χ2v) is 10.2. The number of sulfonamides is 1. The van der Waals surface area contributed by atoms with E-state index in [9.17, 15) is 13.2 Å². The predicted molar refractivity (Wildman–Crippen MR) is 129 cm³/mol. The van der Waals surface area contributed by atoms with Crippen molar-refractivity contribution in [1.82, 2.24) is 19.5 Å². The van der Waals surface area contributed by atoms with Crippen molar-refractivity contribution in [3.05, 3.63) is 60.4 Å². The van der Waals surface area contributed by atoms with Crippen LogP contribution in [0, 0.1) is 0 Å². The lowest BCUT2D eigenvalue weighted by molar-refractivity contribution is -0.116. The van der Waals surface area contributed by atoms with Crippen molar-refractivity contribution in [3.8, 4) is 0 Å². The topological polar surface area (TPSA) is 112 Å². The van der Waals surface area contributed by atoms with E-state index in [1.807, 2.05) is 29.2 Å². The lowest BCUT2D eigenvalue weighted by Crippen LogP contribution is -2.49. The number of benzene rings is 1. The number of carbonyl (C=O) groups excluding carboxylic acids is 1. The molecule has 0 atom stereocenters. The Hall–Kier alpha value is -3.57. The van der Waals surface area contributed by atoms with E-state index in [0.29, 0.717) is 50.8 Å². The van der Waals surface area contributed by atoms with Crippen LogP contribution in [0.4, 0.5) is 23.0 Å². The Morgan fingerprint density at radius 1 is 0.941 bits per heavy atom. The second-order valence-electron chi connectivity index (χ2n) is 8.24. The van der Waals surface area contributed by atoms with Crippen molar-refractivity contribution in [3.63, 3.8) is 0 Å². The highest BCUT2D eigenvalue weighted by atomic mass is 32.2. The van der Waals surface area contributed by atoms with Crippen LogP contribution in [0.5, 0.6) is 0 Å². The highest BCUT2D eigenvalue weighted by Gasteiger charge is 2.31. The van der Waals surface area contributed by atoms with Crippen LogP contribution in [0.3, 0.4) is 0 Å². The van der Waals surface area contributed by atoms with E-state index in [1.54, 1.807) is 35.5 Å². The zero-order valence-corrected chi connectivity index (χ0v) is 19.6. The van der Waals surface area contributed by atoms with Gasteiger partial charge in [-0.15, -0.1) is 10.2 Å². The maximum atomic E-state index is 13.3. The molecular weight excluding hydrogens is 454 g/mol.